The Morgan fingerprint density at radius 3 is 2.08 bits per heavy atom. The van der Waals surface area contributed by atoms with Gasteiger partial charge in [0.2, 0.25) is 0 Å². The third-order valence-electron chi connectivity index (χ3n) is 2.26. The molecule has 66 valence electrons. The summed E-state index contributed by atoms with van der Waals surface area (Å²) in [5.41, 5.74) is 0. The lowest BCUT2D eigenvalue weighted by Crippen LogP contribution is -2.26. The van der Waals surface area contributed by atoms with Crippen LogP contribution in [0.4, 0.5) is 0 Å². The van der Waals surface area contributed by atoms with Gasteiger partial charge in [0, 0.05) is 23.6 Å². The zero-order chi connectivity index (χ0) is 8.23. The van der Waals surface area contributed by atoms with E-state index in [2.05, 4.69) is 15.3 Å². The Morgan fingerprint density at radius 2 is 1.50 bits per heavy atom. The Hall–Kier alpha value is -0.150. The third kappa shape index (κ3) is 1.96. The Morgan fingerprint density at radius 1 is 0.917 bits per heavy atom. The van der Waals surface area contributed by atoms with E-state index in [1.54, 1.807) is 0 Å². The fourth-order valence-electron chi connectivity index (χ4n) is 1.60. The molecular weight excluding hydrogens is 186 g/mol. The Balaban J connectivity index is 2.27. The van der Waals surface area contributed by atoms with Gasteiger partial charge < -0.3 is 0 Å². The Bertz CT molecular complexity index is 271. The average molecular weight is 200 g/mol. The van der Waals surface area contributed by atoms with E-state index in [-0.39, 0.29) is 0 Å². The van der Waals surface area contributed by atoms with Crippen molar-refractivity contribution < 1.29 is 0 Å². The van der Waals surface area contributed by atoms with E-state index in [0.717, 1.165) is 0 Å². The number of hydrogen-bond donors (Lipinski definition) is 0. The molecule has 0 atom stereocenters. The lowest BCUT2D eigenvalue weighted by molar-refractivity contribution is 0.598. The normalized spacial score (nSPS) is 19.2. The second kappa shape index (κ2) is 4.19. The van der Waals surface area contributed by atoms with Crippen LogP contribution >= 0.6 is 22.7 Å². The van der Waals surface area contributed by atoms with E-state index in [1.165, 1.54) is 42.8 Å². The fourth-order valence-corrected chi connectivity index (χ4v) is 3.50. The minimum Gasteiger partial charge on any atom is -0.212 e. The predicted octanol–water partition coefficient (Wildman–Crippen LogP) is 2.16. The lowest BCUT2D eigenvalue weighted by Gasteiger charge is -1.94. The van der Waals surface area contributed by atoms with Crippen LogP contribution in [0, 0.1) is 0 Å². The van der Waals surface area contributed by atoms with Crippen LogP contribution in [0.2, 0.25) is 0 Å². The minimum atomic E-state index is 1.27. The first-order valence-electron chi connectivity index (χ1n) is 4.57. The summed E-state index contributed by atoms with van der Waals surface area (Å²) in [6, 6.07) is 0. The molecule has 2 rings (SSSR count). The molecule has 0 bridgehead atoms. The van der Waals surface area contributed by atoms with Crippen LogP contribution in [0.5, 0.6) is 0 Å². The summed E-state index contributed by atoms with van der Waals surface area (Å²) in [6.07, 6.45) is 5.61. The molecule has 0 radical (unpaired) electrons. The van der Waals surface area contributed by atoms with Crippen molar-refractivity contribution in [3.63, 3.8) is 0 Å². The van der Waals surface area contributed by atoms with Gasteiger partial charge in [-0.1, -0.05) is 22.7 Å². The highest BCUT2D eigenvalue weighted by atomic mass is 32.2. The van der Waals surface area contributed by atoms with Crippen molar-refractivity contribution in [3.05, 3.63) is 14.7 Å². The Kier molecular flexibility index (Phi) is 2.95. The van der Waals surface area contributed by atoms with E-state index in [4.69, 9.17) is 0 Å². The van der Waals surface area contributed by atoms with Crippen LogP contribution in [-0.4, -0.2) is 13.1 Å². The maximum Gasteiger partial charge on any atom is 0.313 e. The summed E-state index contributed by atoms with van der Waals surface area (Å²) in [5.74, 6) is 0. The molecule has 12 heavy (non-hydrogen) atoms. The van der Waals surface area contributed by atoms with E-state index in [0.29, 0.717) is 0 Å². The summed E-state index contributed by atoms with van der Waals surface area (Å²) in [4.78, 5) is 0. The van der Waals surface area contributed by atoms with Gasteiger partial charge in [-0.05, 0) is 12.8 Å². The maximum absolute atomic E-state index is 2.54. The first-order valence-corrected chi connectivity index (χ1v) is 6.33. The highest BCUT2D eigenvalue weighted by molar-refractivity contribution is 7.24. The first-order chi connectivity index (χ1) is 5.97. The summed E-state index contributed by atoms with van der Waals surface area (Å²) in [7, 11) is 0. The first kappa shape index (κ1) is 8.45. The average Bonchev–Trinajstić information content (AvgIpc) is 2.48. The van der Waals surface area contributed by atoms with Gasteiger partial charge in [-0.15, -0.1) is 0 Å². The maximum atomic E-state index is 2.54. The molecular formula is C9H14NS2+. The standard InChI is InChI=1S/C9H14NS2/c1-2-4-6-10(5-3-1)9-11-7-8-12-9/h7-8H,1-6H2/q+1. The molecule has 1 aromatic heterocycles. The van der Waals surface area contributed by atoms with Gasteiger partial charge in [0.1, 0.15) is 13.1 Å². The predicted molar refractivity (Wildman–Crippen MR) is 55.7 cm³/mol. The van der Waals surface area contributed by atoms with Gasteiger partial charge in [-0.2, -0.15) is 0 Å². The van der Waals surface area contributed by atoms with E-state index < -0.39 is 0 Å². The van der Waals surface area contributed by atoms with Crippen molar-refractivity contribution in [2.75, 3.05) is 13.1 Å². The van der Waals surface area contributed by atoms with Crippen LogP contribution in [0.25, 0.3) is 0 Å². The molecule has 3 heteroatoms. The SMILES string of the molecule is c1csc(=[N+]2CCCCCC2)s1. The zero-order valence-electron chi connectivity index (χ0n) is 7.16. The highest BCUT2D eigenvalue weighted by Crippen LogP contribution is 2.05. The number of rotatable bonds is 0. The molecule has 2 heterocycles. The van der Waals surface area contributed by atoms with Crippen molar-refractivity contribution in [1.82, 2.24) is 4.58 Å². The molecule has 0 amide bonds. The minimum absolute atomic E-state index is 1.27. The molecule has 1 aromatic rings. The molecule has 0 spiro atoms. The van der Waals surface area contributed by atoms with Crippen LogP contribution < -0.4 is 8.56 Å². The van der Waals surface area contributed by atoms with Crippen molar-refractivity contribution >= 4 is 22.7 Å². The van der Waals surface area contributed by atoms with E-state index in [1.807, 2.05) is 22.7 Å². The van der Waals surface area contributed by atoms with Crippen molar-refractivity contribution in [1.29, 1.82) is 0 Å². The molecule has 1 nitrogen and oxygen atoms in total. The second-order valence-electron chi connectivity index (χ2n) is 3.18. The third-order valence-corrected chi connectivity index (χ3v) is 4.47. The van der Waals surface area contributed by atoms with Gasteiger partial charge in [0.25, 0.3) is 0 Å². The van der Waals surface area contributed by atoms with Crippen molar-refractivity contribution in [2.24, 2.45) is 0 Å². The summed E-state index contributed by atoms with van der Waals surface area (Å²) in [5, 5.41) is 4.37. The van der Waals surface area contributed by atoms with Crippen LogP contribution in [0.15, 0.2) is 10.8 Å². The summed E-state index contributed by atoms with van der Waals surface area (Å²) >= 11 is 3.77. The van der Waals surface area contributed by atoms with E-state index >= 15 is 0 Å². The molecule has 0 unspecified atom stereocenters. The van der Waals surface area contributed by atoms with Crippen molar-refractivity contribution in [3.8, 4) is 0 Å². The van der Waals surface area contributed by atoms with Gasteiger partial charge >= 0.3 is 3.98 Å². The van der Waals surface area contributed by atoms with Crippen molar-refractivity contribution in [2.45, 2.75) is 25.7 Å². The largest absolute Gasteiger partial charge is 0.313 e. The van der Waals surface area contributed by atoms with E-state index in [9.17, 15) is 0 Å². The molecule has 0 saturated carbocycles. The van der Waals surface area contributed by atoms with Gasteiger partial charge in [-0.3, -0.25) is 0 Å². The van der Waals surface area contributed by atoms with Crippen LogP contribution in [0.3, 0.4) is 0 Å². The molecule has 0 aromatic carbocycles. The Labute approximate surface area is 81.0 Å². The molecule has 1 aliphatic heterocycles. The second-order valence-corrected chi connectivity index (χ2v) is 5.22. The molecule has 1 fully saturated rings. The number of hydrogen-bond acceptors (Lipinski definition) is 2. The highest BCUT2D eigenvalue weighted by Gasteiger charge is 2.10. The molecule has 0 N–H and O–H groups in total. The number of nitrogens with zero attached hydrogens (tertiary/aromatic N) is 1. The topological polar surface area (TPSA) is 3.01 Å². The quantitative estimate of drug-likeness (QED) is 0.565. The molecule has 1 aliphatic rings. The van der Waals surface area contributed by atoms with Crippen LogP contribution in [0.1, 0.15) is 25.7 Å². The smallest absolute Gasteiger partial charge is 0.212 e. The monoisotopic (exact) mass is 200 g/mol. The van der Waals surface area contributed by atoms with Gasteiger partial charge in [0.05, 0.1) is 0 Å². The summed E-state index contributed by atoms with van der Waals surface area (Å²) < 4.78 is 4.04. The molecule has 0 aliphatic carbocycles. The fraction of sp³-hybridized carbons (Fsp3) is 0.667. The zero-order valence-corrected chi connectivity index (χ0v) is 8.79. The summed E-state index contributed by atoms with van der Waals surface area (Å²) in [6.45, 7) is 2.55. The lowest BCUT2D eigenvalue weighted by atomic mass is 10.2. The van der Waals surface area contributed by atoms with Gasteiger partial charge in [-0.25, -0.2) is 4.58 Å². The molecule has 1 saturated heterocycles. The van der Waals surface area contributed by atoms with Gasteiger partial charge in [0.15, 0.2) is 0 Å². The van der Waals surface area contributed by atoms with Crippen LogP contribution in [-0.2, 0) is 0 Å².